The van der Waals surface area contributed by atoms with Gasteiger partial charge in [0.15, 0.2) is 0 Å². The second-order valence-electron chi connectivity index (χ2n) is 5.25. The Bertz CT molecular complexity index is 691. The number of rotatable bonds is 4. The van der Waals surface area contributed by atoms with Crippen LogP contribution in [-0.2, 0) is 17.8 Å². The molecule has 0 amide bonds. The van der Waals surface area contributed by atoms with E-state index in [1.165, 1.54) is 0 Å². The first-order valence-electron chi connectivity index (χ1n) is 6.77. The summed E-state index contributed by atoms with van der Waals surface area (Å²) in [6.07, 6.45) is 5.64. The van der Waals surface area contributed by atoms with E-state index in [1.54, 1.807) is 25.5 Å². The van der Waals surface area contributed by atoms with Gasteiger partial charge in [0.1, 0.15) is 29.4 Å². The van der Waals surface area contributed by atoms with Crippen LogP contribution in [0.25, 0.3) is 6.08 Å². The first kappa shape index (κ1) is 13.5. The minimum Gasteiger partial charge on any atom is -0.493 e. The van der Waals surface area contributed by atoms with E-state index in [0.717, 1.165) is 11.3 Å². The molecular weight excluding hydrogens is 272 g/mol. The van der Waals surface area contributed by atoms with Crippen LogP contribution in [0, 0.1) is 12.8 Å². The van der Waals surface area contributed by atoms with Gasteiger partial charge in [-0.15, -0.1) is 0 Å². The lowest BCUT2D eigenvalue weighted by atomic mass is 9.92. The smallest absolute Gasteiger partial charge is 0.339 e. The second-order valence-corrected chi connectivity index (χ2v) is 5.25. The van der Waals surface area contributed by atoms with Gasteiger partial charge in [-0.05, 0) is 19.1 Å². The predicted molar refractivity (Wildman–Crippen MR) is 74.7 cm³/mol. The van der Waals surface area contributed by atoms with Crippen LogP contribution in [0.2, 0.25) is 0 Å². The first-order chi connectivity index (χ1) is 10.1. The Labute approximate surface area is 121 Å². The van der Waals surface area contributed by atoms with Gasteiger partial charge in [0.05, 0.1) is 12.5 Å². The fourth-order valence-corrected chi connectivity index (χ4v) is 2.58. The van der Waals surface area contributed by atoms with Gasteiger partial charge in [-0.25, -0.2) is 4.79 Å². The van der Waals surface area contributed by atoms with E-state index < -0.39 is 5.97 Å². The van der Waals surface area contributed by atoms with Gasteiger partial charge < -0.3 is 18.7 Å². The molecule has 2 aromatic rings. The van der Waals surface area contributed by atoms with Crippen molar-refractivity contribution < 1.29 is 23.5 Å². The number of ether oxygens (including phenoxy) is 1. The molecule has 21 heavy (non-hydrogen) atoms. The molecule has 1 atom stereocenters. The van der Waals surface area contributed by atoms with Crippen LogP contribution in [0.15, 0.2) is 33.2 Å². The molecule has 0 saturated carbocycles. The molecule has 0 bridgehead atoms. The van der Waals surface area contributed by atoms with Gasteiger partial charge in [0.25, 0.3) is 0 Å². The number of hydrogen-bond acceptors (Lipinski definition) is 4. The minimum atomic E-state index is -0.975. The average molecular weight is 288 g/mol. The summed E-state index contributed by atoms with van der Waals surface area (Å²) >= 11 is 0. The van der Waals surface area contributed by atoms with Crippen molar-refractivity contribution in [1.82, 2.24) is 0 Å². The number of allylic oxidation sites excluding steroid dienone is 1. The number of hydrogen-bond donors (Lipinski definition) is 1. The van der Waals surface area contributed by atoms with Gasteiger partial charge in [0, 0.05) is 23.5 Å². The van der Waals surface area contributed by atoms with Crippen LogP contribution in [0.1, 0.15) is 39.9 Å². The highest BCUT2D eigenvalue weighted by Crippen LogP contribution is 2.34. The summed E-state index contributed by atoms with van der Waals surface area (Å²) in [5.74, 6) is 1.10. The summed E-state index contributed by atoms with van der Waals surface area (Å²) in [5.41, 5.74) is 1.79. The van der Waals surface area contributed by atoms with E-state index in [2.05, 4.69) is 0 Å². The Kier molecular flexibility index (Phi) is 3.33. The second kappa shape index (κ2) is 5.16. The Morgan fingerprint density at radius 3 is 3.00 bits per heavy atom. The van der Waals surface area contributed by atoms with Gasteiger partial charge in [-0.3, -0.25) is 0 Å². The van der Waals surface area contributed by atoms with Crippen LogP contribution >= 0.6 is 0 Å². The number of carbonyl (C=O) groups is 1. The molecule has 1 aliphatic rings. The van der Waals surface area contributed by atoms with E-state index in [-0.39, 0.29) is 11.5 Å². The van der Waals surface area contributed by atoms with Crippen molar-refractivity contribution in [3.05, 3.63) is 52.6 Å². The third-order valence-electron chi connectivity index (χ3n) is 3.66. The third-order valence-corrected chi connectivity index (χ3v) is 3.66. The van der Waals surface area contributed by atoms with Crippen molar-refractivity contribution in [3.63, 3.8) is 0 Å². The Morgan fingerprint density at radius 1 is 1.52 bits per heavy atom. The zero-order valence-electron chi connectivity index (χ0n) is 11.9. The standard InChI is InChI=1S/C16H16O5/c1-9-5-14-12(15(16(17)18)10(2)21-14)6-13(9)20-8-11-3-4-19-7-11/h3-4,6-7,9H,5,8H2,1-2H3,(H,17,18). The van der Waals surface area contributed by atoms with Crippen molar-refractivity contribution in [2.45, 2.75) is 26.9 Å². The van der Waals surface area contributed by atoms with E-state index in [1.807, 2.05) is 13.0 Å². The summed E-state index contributed by atoms with van der Waals surface area (Å²) < 4.78 is 16.4. The van der Waals surface area contributed by atoms with Crippen molar-refractivity contribution in [2.24, 2.45) is 5.92 Å². The Hall–Kier alpha value is -2.43. The zero-order chi connectivity index (χ0) is 15.0. The van der Waals surface area contributed by atoms with Crippen molar-refractivity contribution in [1.29, 1.82) is 0 Å². The quantitative estimate of drug-likeness (QED) is 0.930. The summed E-state index contributed by atoms with van der Waals surface area (Å²) in [5, 5.41) is 9.30. The number of carboxylic acids is 1. The van der Waals surface area contributed by atoms with E-state index in [0.29, 0.717) is 30.1 Å². The van der Waals surface area contributed by atoms with Crippen LogP contribution in [0.3, 0.4) is 0 Å². The Balaban J connectivity index is 1.89. The zero-order valence-corrected chi connectivity index (χ0v) is 11.9. The van der Waals surface area contributed by atoms with Crippen molar-refractivity contribution >= 4 is 12.0 Å². The van der Waals surface area contributed by atoms with E-state index in [4.69, 9.17) is 13.6 Å². The van der Waals surface area contributed by atoms with Crippen LogP contribution < -0.4 is 0 Å². The molecule has 5 nitrogen and oxygen atoms in total. The molecule has 2 aromatic heterocycles. The molecule has 110 valence electrons. The van der Waals surface area contributed by atoms with Gasteiger partial charge in [-0.2, -0.15) is 0 Å². The average Bonchev–Trinajstić information content (AvgIpc) is 3.02. The molecule has 2 heterocycles. The fourth-order valence-electron chi connectivity index (χ4n) is 2.58. The van der Waals surface area contributed by atoms with Crippen molar-refractivity contribution in [2.75, 3.05) is 0 Å². The van der Waals surface area contributed by atoms with Crippen LogP contribution in [0.5, 0.6) is 0 Å². The maximum Gasteiger partial charge on any atom is 0.339 e. The lowest BCUT2D eigenvalue weighted by molar-refractivity contribution is 0.0695. The van der Waals surface area contributed by atoms with Crippen LogP contribution in [-0.4, -0.2) is 11.1 Å². The molecular formula is C16H16O5. The Morgan fingerprint density at radius 2 is 2.33 bits per heavy atom. The number of carboxylic acid groups (broad SMARTS) is 1. The molecule has 0 spiro atoms. The molecule has 0 aromatic carbocycles. The van der Waals surface area contributed by atoms with Crippen LogP contribution in [0.4, 0.5) is 0 Å². The number of aryl methyl sites for hydroxylation is 1. The number of aromatic carboxylic acids is 1. The summed E-state index contributed by atoms with van der Waals surface area (Å²) in [6.45, 7) is 4.11. The highest BCUT2D eigenvalue weighted by molar-refractivity contribution is 5.94. The summed E-state index contributed by atoms with van der Waals surface area (Å²) in [7, 11) is 0. The normalized spacial score (nSPS) is 17.2. The predicted octanol–water partition coefficient (Wildman–Crippen LogP) is 3.63. The summed E-state index contributed by atoms with van der Waals surface area (Å²) in [6, 6.07) is 1.84. The fraction of sp³-hybridized carbons (Fsp3) is 0.312. The molecule has 0 saturated heterocycles. The topological polar surface area (TPSA) is 72.8 Å². The SMILES string of the molecule is Cc1oc2c(c1C(=O)O)C=C(OCc1ccoc1)C(C)C2. The van der Waals surface area contributed by atoms with Crippen molar-refractivity contribution in [3.8, 4) is 0 Å². The monoisotopic (exact) mass is 288 g/mol. The molecule has 0 fully saturated rings. The lowest BCUT2D eigenvalue weighted by Gasteiger charge is -2.20. The third kappa shape index (κ3) is 2.46. The van der Waals surface area contributed by atoms with Gasteiger partial charge >= 0.3 is 5.97 Å². The molecule has 0 radical (unpaired) electrons. The highest BCUT2D eigenvalue weighted by Gasteiger charge is 2.28. The van der Waals surface area contributed by atoms with Gasteiger partial charge in [0.2, 0.25) is 0 Å². The molecule has 5 heteroatoms. The maximum absolute atomic E-state index is 11.3. The molecule has 0 aliphatic heterocycles. The van der Waals surface area contributed by atoms with Gasteiger partial charge in [-0.1, -0.05) is 6.92 Å². The number of fused-ring (bicyclic) bond motifs is 1. The lowest BCUT2D eigenvalue weighted by Crippen LogP contribution is -2.12. The highest BCUT2D eigenvalue weighted by atomic mass is 16.5. The molecule has 1 N–H and O–H groups in total. The van der Waals surface area contributed by atoms with E-state index in [9.17, 15) is 9.90 Å². The minimum absolute atomic E-state index is 0.150. The number of furan rings is 2. The van der Waals surface area contributed by atoms with E-state index >= 15 is 0 Å². The molecule has 1 unspecified atom stereocenters. The largest absolute Gasteiger partial charge is 0.493 e. The maximum atomic E-state index is 11.3. The molecule has 3 rings (SSSR count). The summed E-state index contributed by atoms with van der Waals surface area (Å²) in [4.78, 5) is 11.3. The first-order valence-corrected chi connectivity index (χ1v) is 6.77. The molecule has 1 aliphatic carbocycles.